The predicted octanol–water partition coefficient (Wildman–Crippen LogP) is 4.64. The Labute approximate surface area is 109 Å². The van der Waals surface area contributed by atoms with Gasteiger partial charge in [0.2, 0.25) is 0 Å². The Hall–Kier alpha value is -1.97. The first-order chi connectivity index (χ1) is 8.97. The Morgan fingerprint density at radius 3 is 2.26 bits per heavy atom. The van der Waals surface area contributed by atoms with Gasteiger partial charge in [0.15, 0.2) is 0 Å². The third-order valence-electron chi connectivity index (χ3n) is 2.88. The van der Waals surface area contributed by atoms with Gasteiger partial charge >= 0.3 is 6.18 Å². The van der Waals surface area contributed by atoms with Crippen molar-refractivity contribution in [2.75, 3.05) is 0 Å². The Bertz CT molecular complexity index is 536. The summed E-state index contributed by atoms with van der Waals surface area (Å²) in [6, 6.07) is 9.97. The smallest absolute Gasteiger partial charge is 0.416 e. The first-order valence-corrected chi connectivity index (χ1v) is 5.84. The molecule has 1 heterocycles. The van der Waals surface area contributed by atoms with E-state index in [4.69, 9.17) is 4.42 Å². The lowest BCUT2D eigenvalue weighted by Crippen LogP contribution is -2.09. The van der Waals surface area contributed by atoms with Crippen molar-refractivity contribution in [2.45, 2.75) is 19.0 Å². The molecule has 0 bridgehead atoms. The minimum Gasteiger partial charge on any atom is -0.469 e. The van der Waals surface area contributed by atoms with Gasteiger partial charge in [-0.3, -0.25) is 0 Å². The van der Waals surface area contributed by atoms with E-state index in [2.05, 4.69) is 6.58 Å². The van der Waals surface area contributed by atoms with E-state index in [1.54, 1.807) is 18.4 Å². The molecule has 0 fully saturated rings. The van der Waals surface area contributed by atoms with E-state index in [1.807, 2.05) is 12.1 Å². The van der Waals surface area contributed by atoms with Gasteiger partial charge in [0.1, 0.15) is 5.76 Å². The van der Waals surface area contributed by atoms with E-state index in [0.29, 0.717) is 0 Å². The fourth-order valence-electron chi connectivity index (χ4n) is 1.76. The predicted molar refractivity (Wildman–Crippen MR) is 67.6 cm³/mol. The molecule has 0 amide bonds. The number of halogens is 3. The lowest BCUT2D eigenvalue weighted by Gasteiger charge is -2.10. The Morgan fingerprint density at radius 1 is 1.05 bits per heavy atom. The maximum atomic E-state index is 12.5. The first kappa shape index (κ1) is 13.5. The van der Waals surface area contributed by atoms with Crippen molar-refractivity contribution in [3.8, 4) is 0 Å². The van der Waals surface area contributed by atoms with E-state index in [1.165, 1.54) is 12.1 Å². The summed E-state index contributed by atoms with van der Waals surface area (Å²) in [7, 11) is 0. The van der Waals surface area contributed by atoms with Crippen LogP contribution in [0.4, 0.5) is 13.2 Å². The third-order valence-corrected chi connectivity index (χ3v) is 2.88. The molecule has 2 rings (SSSR count). The molecule has 1 aromatic heterocycles. The molecule has 0 spiro atoms. The van der Waals surface area contributed by atoms with Gasteiger partial charge in [0.25, 0.3) is 0 Å². The summed E-state index contributed by atoms with van der Waals surface area (Å²) in [5, 5.41) is 0. The van der Waals surface area contributed by atoms with Crippen molar-refractivity contribution in [2.24, 2.45) is 0 Å². The average molecular weight is 266 g/mol. The van der Waals surface area contributed by atoms with E-state index in [0.717, 1.165) is 24.2 Å². The molecule has 1 aromatic carbocycles. The zero-order valence-corrected chi connectivity index (χ0v) is 10.2. The molecule has 0 radical (unpaired) electrons. The maximum Gasteiger partial charge on any atom is 0.416 e. The second kappa shape index (κ2) is 5.34. The standard InChI is InChI=1S/C15H13F3O/c1-11(15(16,17)18)13-7-4-12(5-8-13)6-9-14-3-2-10-19-14/h2-5,7-8,10H,1,6,9H2. The highest BCUT2D eigenvalue weighted by atomic mass is 19.4. The maximum absolute atomic E-state index is 12.5. The Morgan fingerprint density at radius 2 is 1.74 bits per heavy atom. The van der Waals surface area contributed by atoms with Crippen LogP contribution in [0.5, 0.6) is 0 Å². The van der Waals surface area contributed by atoms with Crippen LogP contribution in [0.1, 0.15) is 16.9 Å². The number of allylic oxidation sites excluding steroid dienone is 1. The fourth-order valence-corrected chi connectivity index (χ4v) is 1.76. The zero-order valence-electron chi connectivity index (χ0n) is 10.2. The molecule has 2 aromatic rings. The molecule has 0 atom stereocenters. The van der Waals surface area contributed by atoms with Crippen molar-refractivity contribution in [1.82, 2.24) is 0 Å². The summed E-state index contributed by atoms with van der Waals surface area (Å²) in [5.41, 5.74) is 0.259. The van der Waals surface area contributed by atoms with Crippen LogP contribution in [0.25, 0.3) is 5.57 Å². The van der Waals surface area contributed by atoms with Crippen molar-refractivity contribution in [3.63, 3.8) is 0 Å². The van der Waals surface area contributed by atoms with Crippen LogP contribution in [0.15, 0.2) is 53.7 Å². The third kappa shape index (κ3) is 3.50. The zero-order chi connectivity index (χ0) is 13.9. The number of rotatable bonds is 4. The fraction of sp³-hybridized carbons (Fsp3) is 0.200. The number of benzene rings is 1. The molecule has 19 heavy (non-hydrogen) atoms. The summed E-state index contributed by atoms with van der Waals surface area (Å²) in [5.74, 6) is 0.865. The van der Waals surface area contributed by atoms with Crippen LogP contribution in [0.3, 0.4) is 0 Å². The van der Waals surface area contributed by atoms with Gasteiger partial charge in [-0.25, -0.2) is 0 Å². The number of furan rings is 1. The van der Waals surface area contributed by atoms with Crippen LogP contribution < -0.4 is 0 Å². The van der Waals surface area contributed by atoms with Crippen LogP contribution in [-0.4, -0.2) is 6.18 Å². The molecule has 4 heteroatoms. The van der Waals surface area contributed by atoms with E-state index in [-0.39, 0.29) is 5.56 Å². The van der Waals surface area contributed by atoms with Crippen molar-refractivity contribution in [1.29, 1.82) is 0 Å². The Balaban J connectivity index is 2.00. The molecule has 0 unspecified atom stereocenters. The molecule has 0 aliphatic carbocycles. The highest BCUT2D eigenvalue weighted by Gasteiger charge is 2.32. The van der Waals surface area contributed by atoms with Gasteiger partial charge in [-0.15, -0.1) is 0 Å². The number of alkyl halides is 3. The molecule has 0 saturated carbocycles. The van der Waals surface area contributed by atoms with Crippen LogP contribution in [0, 0.1) is 0 Å². The van der Waals surface area contributed by atoms with E-state index >= 15 is 0 Å². The molecule has 1 nitrogen and oxygen atoms in total. The molecule has 0 N–H and O–H groups in total. The monoisotopic (exact) mass is 266 g/mol. The first-order valence-electron chi connectivity index (χ1n) is 5.84. The Kier molecular flexibility index (Phi) is 3.79. The molecule has 0 aliphatic rings. The summed E-state index contributed by atoms with van der Waals surface area (Å²) in [4.78, 5) is 0. The van der Waals surface area contributed by atoms with Crippen molar-refractivity contribution >= 4 is 5.57 Å². The molecule has 0 aliphatic heterocycles. The second-order valence-corrected chi connectivity index (χ2v) is 4.25. The largest absolute Gasteiger partial charge is 0.469 e. The van der Waals surface area contributed by atoms with Crippen LogP contribution in [0.2, 0.25) is 0 Å². The average Bonchev–Trinajstić information content (AvgIpc) is 2.88. The topological polar surface area (TPSA) is 13.1 Å². The van der Waals surface area contributed by atoms with Crippen LogP contribution in [-0.2, 0) is 12.8 Å². The van der Waals surface area contributed by atoms with Gasteiger partial charge in [-0.1, -0.05) is 30.8 Å². The molecule has 100 valence electrons. The van der Waals surface area contributed by atoms with E-state index < -0.39 is 11.7 Å². The van der Waals surface area contributed by atoms with Gasteiger partial charge in [-0.2, -0.15) is 13.2 Å². The number of hydrogen-bond acceptors (Lipinski definition) is 1. The number of hydrogen-bond donors (Lipinski definition) is 0. The number of aryl methyl sites for hydroxylation is 2. The summed E-state index contributed by atoms with van der Waals surface area (Å²) < 4.78 is 42.6. The summed E-state index contributed by atoms with van der Waals surface area (Å²) in [6.07, 6.45) is -1.32. The lowest BCUT2D eigenvalue weighted by atomic mass is 10.0. The van der Waals surface area contributed by atoms with Gasteiger partial charge < -0.3 is 4.42 Å². The highest BCUT2D eigenvalue weighted by Crippen LogP contribution is 2.32. The van der Waals surface area contributed by atoms with Gasteiger partial charge in [0, 0.05) is 6.42 Å². The highest BCUT2D eigenvalue weighted by molar-refractivity contribution is 5.67. The summed E-state index contributed by atoms with van der Waals surface area (Å²) in [6.45, 7) is 3.07. The van der Waals surface area contributed by atoms with Crippen molar-refractivity contribution < 1.29 is 17.6 Å². The molecular formula is C15H13F3O. The lowest BCUT2D eigenvalue weighted by molar-refractivity contribution is -0.0686. The SMILES string of the molecule is C=C(c1ccc(CCc2ccco2)cc1)C(F)(F)F. The minimum absolute atomic E-state index is 0.106. The normalized spacial score (nSPS) is 11.5. The van der Waals surface area contributed by atoms with Gasteiger partial charge in [0.05, 0.1) is 11.8 Å². The van der Waals surface area contributed by atoms with Crippen LogP contribution >= 0.6 is 0 Å². The minimum atomic E-state index is -4.38. The summed E-state index contributed by atoms with van der Waals surface area (Å²) >= 11 is 0. The second-order valence-electron chi connectivity index (χ2n) is 4.25. The molecular weight excluding hydrogens is 253 g/mol. The van der Waals surface area contributed by atoms with Gasteiger partial charge in [-0.05, 0) is 29.7 Å². The molecule has 0 saturated heterocycles. The van der Waals surface area contributed by atoms with E-state index in [9.17, 15) is 13.2 Å². The van der Waals surface area contributed by atoms with Crippen molar-refractivity contribution in [3.05, 3.63) is 66.1 Å². The quantitative estimate of drug-likeness (QED) is 0.785.